The molecule has 2 aromatic heterocycles. The van der Waals surface area contributed by atoms with Crippen molar-refractivity contribution in [2.75, 3.05) is 13.1 Å². The zero-order valence-corrected chi connectivity index (χ0v) is 11.5. The van der Waals surface area contributed by atoms with Crippen molar-refractivity contribution in [2.45, 2.75) is 12.5 Å². The molecule has 0 saturated carbocycles. The third kappa shape index (κ3) is 1.63. The normalized spacial score (nSPS) is 20.8. The Morgan fingerprint density at radius 2 is 2.44 bits per heavy atom. The lowest BCUT2D eigenvalue weighted by Gasteiger charge is -2.12. The van der Waals surface area contributed by atoms with Gasteiger partial charge in [0, 0.05) is 28.6 Å². The van der Waals surface area contributed by atoms with Crippen LogP contribution in [0.3, 0.4) is 0 Å². The molecule has 16 heavy (non-hydrogen) atoms. The number of nitrogens with zero attached hydrogens (tertiary/aromatic N) is 2. The van der Waals surface area contributed by atoms with Crippen molar-refractivity contribution in [2.24, 2.45) is 0 Å². The number of halogens is 2. The molecule has 1 aliphatic rings. The number of hydrogen-bond acceptors (Lipinski definition) is 2. The Bertz CT molecular complexity index is 531. The van der Waals surface area contributed by atoms with Crippen LogP contribution in [0.25, 0.3) is 10.9 Å². The topological polar surface area (TPSA) is 29.9 Å². The van der Waals surface area contributed by atoms with E-state index in [1.807, 2.05) is 6.07 Å². The van der Waals surface area contributed by atoms with Gasteiger partial charge in [-0.3, -0.25) is 0 Å². The maximum absolute atomic E-state index is 6.14. The second kappa shape index (κ2) is 4.16. The van der Waals surface area contributed by atoms with Crippen LogP contribution < -0.4 is 5.32 Å². The molecule has 3 rings (SSSR count). The molecule has 1 fully saturated rings. The predicted molar refractivity (Wildman–Crippen MR) is 74.0 cm³/mol. The summed E-state index contributed by atoms with van der Waals surface area (Å²) in [5, 5.41) is 5.07. The fourth-order valence-corrected chi connectivity index (χ4v) is 3.54. The third-order valence-corrected chi connectivity index (χ3v) is 4.18. The standard InChI is InChI=1S/C11H11ClIN3/c12-11-10-8(13)6-16(7-1-3-14-5-7)9(10)2-4-15-11/h2,4,6-7,14H,1,3,5H2/t7-/m0/s1. The molecule has 1 N–H and O–H groups in total. The first kappa shape index (κ1) is 10.8. The Morgan fingerprint density at radius 1 is 1.56 bits per heavy atom. The number of aromatic nitrogens is 2. The lowest BCUT2D eigenvalue weighted by atomic mass is 10.2. The summed E-state index contributed by atoms with van der Waals surface area (Å²) in [5.74, 6) is 0. The maximum atomic E-state index is 6.14. The molecule has 0 amide bonds. The number of rotatable bonds is 1. The molecule has 3 heterocycles. The molecule has 1 aliphatic heterocycles. The van der Waals surface area contributed by atoms with E-state index >= 15 is 0 Å². The number of nitrogens with one attached hydrogen (secondary N) is 1. The van der Waals surface area contributed by atoms with Gasteiger partial charge in [-0.2, -0.15) is 0 Å². The highest BCUT2D eigenvalue weighted by molar-refractivity contribution is 14.1. The fourth-order valence-electron chi connectivity index (χ4n) is 2.30. The van der Waals surface area contributed by atoms with E-state index in [-0.39, 0.29) is 0 Å². The molecule has 0 aromatic carbocycles. The van der Waals surface area contributed by atoms with Gasteiger partial charge in [-0.15, -0.1) is 0 Å². The van der Waals surface area contributed by atoms with Crippen molar-refractivity contribution in [1.29, 1.82) is 0 Å². The molecule has 0 unspecified atom stereocenters. The van der Waals surface area contributed by atoms with E-state index < -0.39 is 0 Å². The summed E-state index contributed by atoms with van der Waals surface area (Å²) in [6, 6.07) is 2.59. The summed E-state index contributed by atoms with van der Waals surface area (Å²) in [4.78, 5) is 4.14. The van der Waals surface area contributed by atoms with Gasteiger partial charge >= 0.3 is 0 Å². The quantitative estimate of drug-likeness (QED) is 0.635. The van der Waals surface area contributed by atoms with E-state index in [0.29, 0.717) is 11.2 Å². The largest absolute Gasteiger partial charge is 0.342 e. The number of fused-ring (bicyclic) bond motifs is 1. The number of hydrogen-bond donors (Lipinski definition) is 1. The predicted octanol–water partition coefficient (Wildman–Crippen LogP) is 2.83. The molecule has 1 atom stereocenters. The molecule has 84 valence electrons. The molecule has 3 nitrogen and oxygen atoms in total. The molecule has 0 spiro atoms. The van der Waals surface area contributed by atoms with Gasteiger partial charge < -0.3 is 9.88 Å². The molecule has 2 aromatic rings. The average molecular weight is 348 g/mol. The van der Waals surface area contributed by atoms with E-state index in [1.54, 1.807) is 6.20 Å². The Morgan fingerprint density at radius 3 is 3.19 bits per heavy atom. The zero-order valence-electron chi connectivity index (χ0n) is 8.58. The van der Waals surface area contributed by atoms with Crippen molar-refractivity contribution in [3.8, 4) is 0 Å². The minimum atomic E-state index is 0.546. The molecular formula is C11H11ClIN3. The van der Waals surface area contributed by atoms with Crippen molar-refractivity contribution < 1.29 is 0 Å². The van der Waals surface area contributed by atoms with Crippen molar-refractivity contribution in [3.05, 3.63) is 27.2 Å². The third-order valence-electron chi connectivity index (χ3n) is 3.08. The first-order valence-corrected chi connectivity index (χ1v) is 6.74. The SMILES string of the molecule is Clc1nccc2c1c(I)cn2[C@H]1CCNC1. The minimum Gasteiger partial charge on any atom is -0.342 e. The van der Waals surface area contributed by atoms with Gasteiger partial charge in [-0.25, -0.2) is 4.98 Å². The van der Waals surface area contributed by atoms with Gasteiger partial charge in [-0.05, 0) is 41.6 Å². The van der Waals surface area contributed by atoms with E-state index in [9.17, 15) is 0 Å². The first-order valence-electron chi connectivity index (χ1n) is 5.28. The molecule has 0 bridgehead atoms. The maximum Gasteiger partial charge on any atom is 0.139 e. The van der Waals surface area contributed by atoms with Crippen LogP contribution in [0.5, 0.6) is 0 Å². The Balaban J connectivity index is 2.22. The lowest BCUT2D eigenvalue weighted by Crippen LogP contribution is -2.12. The van der Waals surface area contributed by atoms with Crippen LogP contribution in [0.1, 0.15) is 12.5 Å². The van der Waals surface area contributed by atoms with Crippen molar-refractivity contribution in [3.63, 3.8) is 0 Å². The van der Waals surface area contributed by atoms with E-state index in [2.05, 4.69) is 43.7 Å². The second-order valence-corrected chi connectivity index (χ2v) is 5.55. The van der Waals surface area contributed by atoms with Gasteiger partial charge in [0.25, 0.3) is 0 Å². The van der Waals surface area contributed by atoms with Crippen LogP contribution in [-0.4, -0.2) is 22.6 Å². The van der Waals surface area contributed by atoms with Crippen LogP contribution in [0.15, 0.2) is 18.5 Å². The monoisotopic (exact) mass is 347 g/mol. The van der Waals surface area contributed by atoms with Gasteiger partial charge in [0.05, 0.1) is 10.9 Å². The van der Waals surface area contributed by atoms with Crippen LogP contribution in [-0.2, 0) is 0 Å². The fraction of sp³-hybridized carbons (Fsp3) is 0.364. The molecule has 0 radical (unpaired) electrons. The van der Waals surface area contributed by atoms with Gasteiger partial charge in [0.1, 0.15) is 5.15 Å². The molecular weight excluding hydrogens is 336 g/mol. The van der Waals surface area contributed by atoms with Crippen molar-refractivity contribution in [1.82, 2.24) is 14.9 Å². The summed E-state index contributed by atoms with van der Waals surface area (Å²) < 4.78 is 3.50. The first-order chi connectivity index (χ1) is 7.77. The summed E-state index contributed by atoms with van der Waals surface area (Å²) in [6.45, 7) is 2.14. The Labute approximate surface area is 112 Å². The summed E-state index contributed by atoms with van der Waals surface area (Å²) in [7, 11) is 0. The van der Waals surface area contributed by atoms with Gasteiger partial charge in [-0.1, -0.05) is 11.6 Å². The molecule has 0 aliphatic carbocycles. The van der Waals surface area contributed by atoms with Crippen LogP contribution in [0.4, 0.5) is 0 Å². The highest BCUT2D eigenvalue weighted by Crippen LogP contribution is 2.31. The van der Waals surface area contributed by atoms with E-state index in [0.717, 1.165) is 18.5 Å². The van der Waals surface area contributed by atoms with Gasteiger partial charge in [0.2, 0.25) is 0 Å². The van der Waals surface area contributed by atoms with Crippen molar-refractivity contribution >= 4 is 45.1 Å². The Hall–Kier alpha value is -0.330. The Kier molecular flexibility index (Phi) is 2.81. The van der Waals surface area contributed by atoms with Crippen LogP contribution in [0.2, 0.25) is 5.15 Å². The zero-order chi connectivity index (χ0) is 11.1. The highest BCUT2D eigenvalue weighted by Gasteiger charge is 2.20. The van der Waals surface area contributed by atoms with E-state index in [1.165, 1.54) is 15.5 Å². The van der Waals surface area contributed by atoms with Crippen LogP contribution in [0, 0.1) is 3.57 Å². The second-order valence-electron chi connectivity index (χ2n) is 4.03. The summed E-state index contributed by atoms with van der Waals surface area (Å²) in [6.07, 6.45) is 5.13. The lowest BCUT2D eigenvalue weighted by molar-refractivity contribution is 0.565. The summed E-state index contributed by atoms with van der Waals surface area (Å²) in [5.41, 5.74) is 1.19. The molecule has 5 heteroatoms. The minimum absolute atomic E-state index is 0.546. The smallest absolute Gasteiger partial charge is 0.139 e. The summed E-state index contributed by atoms with van der Waals surface area (Å²) >= 11 is 8.46. The molecule has 1 saturated heterocycles. The van der Waals surface area contributed by atoms with Gasteiger partial charge in [0.15, 0.2) is 0 Å². The number of pyridine rings is 1. The highest BCUT2D eigenvalue weighted by atomic mass is 127. The average Bonchev–Trinajstić information content (AvgIpc) is 2.86. The van der Waals surface area contributed by atoms with E-state index in [4.69, 9.17) is 11.6 Å². The van der Waals surface area contributed by atoms with Crippen LogP contribution >= 0.6 is 34.2 Å².